The van der Waals surface area contributed by atoms with E-state index in [1.165, 1.54) is 97.7 Å². The third kappa shape index (κ3) is 2.85. The van der Waals surface area contributed by atoms with Crippen molar-refractivity contribution in [2.24, 2.45) is 0 Å². The van der Waals surface area contributed by atoms with Gasteiger partial charge in [0, 0.05) is 32.7 Å². The normalized spacial score (nSPS) is 13.4. The quantitative estimate of drug-likeness (QED) is 0.143. The zero-order chi connectivity index (χ0) is 31.7. The summed E-state index contributed by atoms with van der Waals surface area (Å²) >= 11 is 0. The second-order valence-corrected chi connectivity index (χ2v) is 14.8. The average molecular weight is 615 g/mol. The minimum Gasteiger partial charge on any atom is -0.456 e. The Bertz CT molecular complexity index is 3050. The minimum absolute atomic E-state index is 0.426. The largest absolute Gasteiger partial charge is 0.456 e. The van der Waals surface area contributed by atoms with Crippen LogP contribution in [0.1, 0.15) is 50.7 Å². The number of benzene rings is 10. The van der Waals surface area contributed by atoms with Gasteiger partial charge in [0.2, 0.25) is 0 Å². The first-order valence-electron chi connectivity index (χ1n) is 17.2. The zero-order valence-electron chi connectivity index (χ0n) is 27.2. The van der Waals surface area contributed by atoms with Crippen LogP contribution in [0.3, 0.4) is 0 Å². The van der Waals surface area contributed by atoms with Gasteiger partial charge in [-0.2, -0.15) is 0 Å². The lowest BCUT2D eigenvalue weighted by atomic mass is 9.81. The molecule has 0 unspecified atom stereocenters. The van der Waals surface area contributed by atoms with Crippen LogP contribution in [0.2, 0.25) is 0 Å². The molecule has 0 atom stereocenters. The molecule has 0 spiro atoms. The molecule has 2 aliphatic heterocycles. The van der Waals surface area contributed by atoms with Crippen molar-refractivity contribution < 1.29 is 8.83 Å². The molecule has 2 heterocycles. The summed E-state index contributed by atoms with van der Waals surface area (Å²) in [4.78, 5) is 0. The fourth-order valence-corrected chi connectivity index (χ4v) is 9.40. The third-order valence-corrected chi connectivity index (χ3v) is 11.6. The van der Waals surface area contributed by atoms with Gasteiger partial charge in [0.05, 0.1) is 0 Å². The van der Waals surface area contributed by atoms with Crippen molar-refractivity contribution in [3.8, 4) is 11.1 Å². The van der Waals surface area contributed by atoms with Crippen LogP contribution in [0, 0.1) is 0 Å². The van der Waals surface area contributed by atoms with Gasteiger partial charge in [-0.05, 0) is 124 Å². The summed E-state index contributed by atoms with van der Waals surface area (Å²) in [5.41, 5.74) is 8.68. The molecule has 0 amide bonds. The second-order valence-electron chi connectivity index (χ2n) is 14.8. The molecule has 0 aromatic heterocycles. The van der Waals surface area contributed by atoms with Gasteiger partial charge >= 0.3 is 0 Å². The Morgan fingerprint density at radius 2 is 0.771 bits per heavy atom. The predicted molar refractivity (Wildman–Crippen MR) is 204 cm³/mol. The van der Waals surface area contributed by atoms with E-state index in [-0.39, 0.29) is 0 Å². The molecule has 10 aromatic carbocycles. The molecule has 48 heavy (non-hydrogen) atoms. The SMILES string of the molecule is CC(C)c1cc2cccc3c4ccc5oc6cc7c8cc(C(C)C)cc9cccc(c%10ccc%11oc%12cc(c(c1)c23)c4c5c%12-c6c%11c%107)c98. The van der Waals surface area contributed by atoms with E-state index >= 15 is 0 Å². The summed E-state index contributed by atoms with van der Waals surface area (Å²) in [6, 6.07) is 36.6. The highest BCUT2D eigenvalue weighted by Gasteiger charge is 2.29. The van der Waals surface area contributed by atoms with E-state index in [4.69, 9.17) is 8.83 Å². The fourth-order valence-electron chi connectivity index (χ4n) is 9.40. The number of hydrogen-bond acceptors (Lipinski definition) is 2. The molecule has 10 aromatic rings. The van der Waals surface area contributed by atoms with Crippen molar-refractivity contribution in [3.63, 3.8) is 0 Å². The Morgan fingerprint density at radius 1 is 0.354 bits per heavy atom. The molecule has 0 N–H and O–H groups in total. The van der Waals surface area contributed by atoms with Crippen LogP contribution in [-0.2, 0) is 0 Å². The fraction of sp³-hybridized carbons (Fsp3) is 0.130. The Labute approximate surface area is 275 Å². The maximum Gasteiger partial charge on any atom is 0.136 e. The lowest BCUT2D eigenvalue weighted by Crippen LogP contribution is -1.99. The molecule has 2 aliphatic rings. The number of hydrogen-bond donors (Lipinski definition) is 0. The average Bonchev–Trinajstić information content (AvgIpc) is 3.10. The zero-order valence-corrected chi connectivity index (χ0v) is 27.2. The maximum absolute atomic E-state index is 7.05. The van der Waals surface area contributed by atoms with Gasteiger partial charge in [-0.15, -0.1) is 0 Å². The van der Waals surface area contributed by atoms with E-state index in [1.807, 2.05) is 0 Å². The van der Waals surface area contributed by atoms with E-state index < -0.39 is 0 Å². The first-order valence-corrected chi connectivity index (χ1v) is 17.2. The van der Waals surface area contributed by atoms with Crippen LogP contribution >= 0.6 is 0 Å². The first kappa shape index (κ1) is 25.5. The van der Waals surface area contributed by atoms with Gasteiger partial charge in [0.25, 0.3) is 0 Å². The van der Waals surface area contributed by atoms with E-state index in [2.05, 4.69) is 125 Å². The Kier molecular flexibility index (Phi) is 4.39. The van der Waals surface area contributed by atoms with Crippen molar-refractivity contribution in [3.05, 3.63) is 108 Å². The molecule has 0 saturated heterocycles. The van der Waals surface area contributed by atoms with Gasteiger partial charge in [0.15, 0.2) is 0 Å². The molecular weight excluding hydrogens is 585 g/mol. The summed E-state index contributed by atoms with van der Waals surface area (Å²) in [7, 11) is 0. The Hall–Kier alpha value is -5.60. The highest BCUT2D eigenvalue weighted by molar-refractivity contribution is 6.42. The molecule has 226 valence electrons. The van der Waals surface area contributed by atoms with Gasteiger partial charge in [-0.1, -0.05) is 88.4 Å². The molecule has 2 heteroatoms. The lowest BCUT2D eigenvalue weighted by molar-refractivity contribution is 0.647. The smallest absolute Gasteiger partial charge is 0.136 e. The second kappa shape index (κ2) is 8.27. The molecular formula is C46H30O2. The minimum atomic E-state index is 0.426. The van der Waals surface area contributed by atoms with E-state index in [0.29, 0.717) is 11.8 Å². The predicted octanol–water partition coefficient (Wildman–Crippen LogP) is 14.1. The summed E-state index contributed by atoms with van der Waals surface area (Å²) in [5.74, 6) is 0.852. The van der Waals surface area contributed by atoms with Crippen molar-refractivity contribution in [1.82, 2.24) is 0 Å². The Balaban J connectivity index is 1.35. The molecule has 2 nitrogen and oxygen atoms in total. The van der Waals surface area contributed by atoms with Gasteiger partial charge in [0.1, 0.15) is 22.3 Å². The highest BCUT2D eigenvalue weighted by Crippen LogP contribution is 2.55. The molecule has 0 bridgehead atoms. The summed E-state index contributed by atoms with van der Waals surface area (Å²) in [6.45, 7) is 9.12. The molecule has 0 radical (unpaired) electrons. The third-order valence-electron chi connectivity index (χ3n) is 11.6. The molecule has 0 saturated carbocycles. The van der Waals surface area contributed by atoms with Crippen LogP contribution < -0.4 is 0 Å². The topological polar surface area (TPSA) is 26.3 Å². The van der Waals surface area contributed by atoms with Gasteiger partial charge in [-0.3, -0.25) is 0 Å². The van der Waals surface area contributed by atoms with Crippen molar-refractivity contribution in [2.75, 3.05) is 0 Å². The van der Waals surface area contributed by atoms with Gasteiger partial charge in [-0.25, -0.2) is 0 Å². The number of rotatable bonds is 2. The first-order chi connectivity index (χ1) is 23.4. The van der Waals surface area contributed by atoms with Crippen molar-refractivity contribution >= 4 is 109 Å². The summed E-state index contributed by atoms with van der Waals surface area (Å²) < 4.78 is 14.1. The molecule has 0 fully saturated rings. The van der Waals surface area contributed by atoms with Crippen LogP contribution in [0.25, 0.3) is 120 Å². The Morgan fingerprint density at radius 3 is 1.21 bits per heavy atom. The van der Waals surface area contributed by atoms with Crippen LogP contribution in [-0.4, -0.2) is 0 Å². The van der Waals surface area contributed by atoms with Crippen LogP contribution in [0.4, 0.5) is 0 Å². The van der Waals surface area contributed by atoms with Gasteiger partial charge < -0.3 is 8.83 Å². The standard InChI is InChI=1S/C46H30O2/c1-21(2)25-15-23-7-5-9-27-29-11-13-35-43-41(29)33(31(17-25)39(23)27)19-37-45(43)46-38(48-35)20-34-32-18-26(22(3)4)16-24-8-6-10-28(40(24)32)30-12-14-36(47-37)44(46)42(30)34/h5-22H,1-4H3. The lowest BCUT2D eigenvalue weighted by Gasteiger charge is -2.24. The highest BCUT2D eigenvalue weighted by atomic mass is 16.3. The maximum atomic E-state index is 7.05. The summed E-state index contributed by atoms with van der Waals surface area (Å²) in [5, 5.41) is 20.3. The van der Waals surface area contributed by atoms with Crippen molar-refractivity contribution in [1.29, 1.82) is 0 Å². The number of fused-ring (bicyclic) bond motifs is 4. The van der Waals surface area contributed by atoms with Crippen LogP contribution in [0.5, 0.6) is 0 Å². The molecule has 12 rings (SSSR count). The van der Waals surface area contributed by atoms with Crippen LogP contribution in [0.15, 0.2) is 106 Å². The van der Waals surface area contributed by atoms with Crippen molar-refractivity contribution in [2.45, 2.75) is 39.5 Å². The van der Waals surface area contributed by atoms with E-state index in [1.54, 1.807) is 0 Å². The van der Waals surface area contributed by atoms with E-state index in [0.717, 1.165) is 33.1 Å². The monoisotopic (exact) mass is 614 g/mol. The van der Waals surface area contributed by atoms with E-state index in [9.17, 15) is 0 Å². The molecule has 0 aliphatic carbocycles. The summed E-state index contributed by atoms with van der Waals surface area (Å²) in [6.07, 6.45) is 0.